The molecule has 3 aliphatic rings. The largest absolute Gasteiger partial charge is 0.481 e. The molecule has 9 heteroatoms. The van der Waals surface area contributed by atoms with Crippen LogP contribution < -0.4 is 14.8 Å². The van der Waals surface area contributed by atoms with E-state index in [1.807, 2.05) is 0 Å². The predicted octanol–water partition coefficient (Wildman–Crippen LogP) is -1.59. The van der Waals surface area contributed by atoms with Gasteiger partial charge in [0, 0.05) is 11.5 Å². The standard InChI is InChI=1S/C15H15NO8/c17-11-9(15(21)22)8-4-1-6-7(24-3-23-6)2-5(4)14(20)16-10(8)12(18)13(11)19/h1-2,8-13,17-19H,3H2,(H,16,20)(H,21,22)/t8-,9+,10+,11-,12-,13+/m0/s1. The molecule has 0 saturated heterocycles. The molecule has 4 rings (SSSR count). The zero-order valence-electron chi connectivity index (χ0n) is 12.2. The Morgan fingerprint density at radius 2 is 1.75 bits per heavy atom. The number of carboxylic acid groups (broad SMARTS) is 1. The van der Waals surface area contributed by atoms with E-state index in [-0.39, 0.29) is 12.4 Å². The topological polar surface area (TPSA) is 146 Å². The van der Waals surface area contributed by atoms with Gasteiger partial charge >= 0.3 is 5.97 Å². The van der Waals surface area contributed by atoms with Gasteiger partial charge in [-0.05, 0) is 17.7 Å². The van der Waals surface area contributed by atoms with Gasteiger partial charge in [0.05, 0.1) is 18.1 Å². The number of carbonyl (C=O) groups is 2. The molecular formula is C15H15NO8. The van der Waals surface area contributed by atoms with Crippen LogP contribution in [-0.4, -0.2) is 63.4 Å². The Balaban J connectivity index is 1.90. The SMILES string of the molecule is O=C1N[C@H]2[C@H](O)[C@H](O)[C@@H](O)[C@H](C(=O)O)[C@@H]2c2cc3c(cc21)OCO3. The molecule has 24 heavy (non-hydrogen) atoms. The monoisotopic (exact) mass is 337 g/mol. The molecule has 1 saturated carbocycles. The minimum absolute atomic E-state index is 0.0136. The van der Waals surface area contributed by atoms with Crippen molar-refractivity contribution in [1.29, 1.82) is 0 Å². The Bertz CT molecular complexity index is 734. The first-order valence-corrected chi connectivity index (χ1v) is 7.41. The molecule has 1 aromatic carbocycles. The van der Waals surface area contributed by atoms with Crippen molar-refractivity contribution in [1.82, 2.24) is 5.32 Å². The van der Waals surface area contributed by atoms with Gasteiger partial charge in [0.25, 0.3) is 5.91 Å². The molecule has 1 amide bonds. The second kappa shape index (κ2) is 5.07. The van der Waals surface area contributed by atoms with E-state index in [1.54, 1.807) is 0 Å². The number of carboxylic acids is 1. The minimum atomic E-state index is -1.68. The number of aliphatic carboxylic acids is 1. The van der Waals surface area contributed by atoms with Gasteiger partial charge in [-0.15, -0.1) is 0 Å². The predicted molar refractivity (Wildman–Crippen MR) is 75.7 cm³/mol. The Morgan fingerprint density at radius 3 is 2.42 bits per heavy atom. The Hall–Kier alpha value is -2.36. The van der Waals surface area contributed by atoms with Crippen molar-refractivity contribution >= 4 is 11.9 Å². The summed E-state index contributed by atoms with van der Waals surface area (Å²) in [5.74, 6) is -3.43. The molecular weight excluding hydrogens is 322 g/mol. The van der Waals surface area contributed by atoms with E-state index in [2.05, 4.69) is 5.32 Å². The van der Waals surface area contributed by atoms with Crippen molar-refractivity contribution in [2.75, 3.05) is 6.79 Å². The van der Waals surface area contributed by atoms with Gasteiger partial charge in [-0.25, -0.2) is 0 Å². The fourth-order valence-electron chi connectivity index (χ4n) is 3.80. The third-order valence-corrected chi connectivity index (χ3v) is 4.94. The van der Waals surface area contributed by atoms with E-state index in [4.69, 9.17) is 9.47 Å². The van der Waals surface area contributed by atoms with Gasteiger partial charge in [-0.1, -0.05) is 0 Å². The first-order valence-electron chi connectivity index (χ1n) is 7.41. The lowest BCUT2D eigenvalue weighted by atomic mass is 9.66. The van der Waals surface area contributed by atoms with Crippen molar-refractivity contribution in [3.63, 3.8) is 0 Å². The second-order valence-electron chi connectivity index (χ2n) is 6.15. The van der Waals surface area contributed by atoms with E-state index < -0.39 is 48.1 Å². The summed E-state index contributed by atoms with van der Waals surface area (Å²) in [4.78, 5) is 24.0. The number of aliphatic hydroxyl groups is 3. The van der Waals surface area contributed by atoms with Crippen molar-refractivity contribution in [3.8, 4) is 11.5 Å². The third kappa shape index (κ3) is 1.92. The maximum Gasteiger partial charge on any atom is 0.309 e. The van der Waals surface area contributed by atoms with Gasteiger partial charge in [-0.2, -0.15) is 0 Å². The molecule has 1 aliphatic carbocycles. The first-order chi connectivity index (χ1) is 11.4. The highest BCUT2D eigenvalue weighted by molar-refractivity contribution is 5.99. The molecule has 6 atom stereocenters. The van der Waals surface area contributed by atoms with E-state index in [9.17, 15) is 30.0 Å². The third-order valence-electron chi connectivity index (χ3n) is 4.94. The molecule has 9 nitrogen and oxygen atoms in total. The van der Waals surface area contributed by atoms with Crippen molar-refractivity contribution in [2.24, 2.45) is 5.92 Å². The van der Waals surface area contributed by atoms with Crippen LogP contribution in [0.2, 0.25) is 0 Å². The lowest BCUT2D eigenvalue weighted by molar-refractivity contribution is -0.167. The van der Waals surface area contributed by atoms with Crippen LogP contribution in [0.3, 0.4) is 0 Å². The number of hydrogen-bond acceptors (Lipinski definition) is 7. The molecule has 0 spiro atoms. The van der Waals surface area contributed by atoms with Crippen LogP contribution in [0.15, 0.2) is 12.1 Å². The van der Waals surface area contributed by atoms with Gasteiger partial charge in [0.1, 0.15) is 12.2 Å². The highest BCUT2D eigenvalue weighted by Gasteiger charge is 2.55. The molecule has 1 aromatic rings. The number of fused-ring (bicyclic) bond motifs is 4. The maximum atomic E-state index is 12.3. The van der Waals surface area contributed by atoms with E-state index in [1.165, 1.54) is 12.1 Å². The number of hydrogen-bond donors (Lipinski definition) is 5. The van der Waals surface area contributed by atoms with Crippen LogP contribution in [0.1, 0.15) is 21.8 Å². The van der Waals surface area contributed by atoms with E-state index >= 15 is 0 Å². The van der Waals surface area contributed by atoms with Crippen LogP contribution in [-0.2, 0) is 4.79 Å². The zero-order chi connectivity index (χ0) is 17.2. The fraction of sp³-hybridized carbons (Fsp3) is 0.467. The average Bonchev–Trinajstić information content (AvgIpc) is 3.00. The molecule has 0 aromatic heterocycles. The molecule has 0 bridgehead atoms. The van der Waals surface area contributed by atoms with Gasteiger partial charge in [-0.3, -0.25) is 9.59 Å². The molecule has 0 unspecified atom stereocenters. The Kier molecular flexibility index (Phi) is 3.21. The van der Waals surface area contributed by atoms with Crippen LogP contribution in [0.25, 0.3) is 0 Å². The van der Waals surface area contributed by atoms with E-state index in [0.717, 1.165) is 0 Å². The number of ether oxygens (including phenoxy) is 2. The highest BCUT2D eigenvalue weighted by atomic mass is 16.7. The quantitative estimate of drug-likeness (QED) is 0.412. The van der Waals surface area contributed by atoms with Gasteiger partial charge in [0.15, 0.2) is 11.5 Å². The van der Waals surface area contributed by atoms with Crippen molar-refractivity contribution in [3.05, 3.63) is 23.3 Å². The van der Waals surface area contributed by atoms with Crippen LogP contribution >= 0.6 is 0 Å². The van der Waals surface area contributed by atoms with Crippen LogP contribution in [0.4, 0.5) is 0 Å². The lowest BCUT2D eigenvalue weighted by Crippen LogP contribution is -2.65. The molecule has 2 heterocycles. The molecule has 0 radical (unpaired) electrons. The molecule has 5 N–H and O–H groups in total. The summed E-state index contributed by atoms with van der Waals surface area (Å²) < 4.78 is 10.5. The highest BCUT2D eigenvalue weighted by Crippen LogP contribution is 2.46. The Morgan fingerprint density at radius 1 is 1.08 bits per heavy atom. The zero-order valence-corrected chi connectivity index (χ0v) is 12.2. The van der Waals surface area contributed by atoms with E-state index in [0.29, 0.717) is 17.1 Å². The molecule has 2 aliphatic heterocycles. The van der Waals surface area contributed by atoms with Crippen molar-refractivity contribution < 1.29 is 39.5 Å². The Labute approximate surface area is 135 Å². The molecule has 1 fully saturated rings. The number of nitrogens with one attached hydrogen (secondary N) is 1. The maximum absolute atomic E-state index is 12.3. The molecule has 128 valence electrons. The minimum Gasteiger partial charge on any atom is -0.481 e. The number of aliphatic hydroxyl groups excluding tert-OH is 3. The van der Waals surface area contributed by atoms with Crippen LogP contribution in [0, 0.1) is 5.92 Å². The van der Waals surface area contributed by atoms with Crippen LogP contribution in [0.5, 0.6) is 11.5 Å². The summed E-state index contributed by atoms with van der Waals surface area (Å²) >= 11 is 0. The second-order valence-corrected chi connectivity index (χ2v) is 6.15. The summed E-state index contributed by atoms with van der Waals surface area (Å²) in [7, 11) is 0. The number of benzene rings is 1. The summed E-state index contributed by atoms with van der Waals surface area (Å²) in [6.45, 7) is -0.0136. The summed E-state index contributed by atoms with van der Waals surface area (Å²) in [6, 6.07) is 1.91. The number of rotatable bonds is 1. The smallest absolute Gasteiger partial charge is 0.309 e. The average molecular weight is 337 g/mol. The number of carbonyl (C=O) groups excluding carboxylic acids is 1. The summed E-state index contributed by atoms with van der Waals surface area (Å²) in [5, 5.41) is 42.3. The van der Waals surface area contributed by atoms with Crippen molar-refractivity contribution in [2.45, 2.75) is 30.3 Å². The first kappa shape index (κ1) is 15.2. The normalized spacial score (nSPS) is 36.5. The number of amides is 1. The lowest BCUT2D eigenvalue weighted by Gasteiger charge is -2.47. The fourth-order valence-corrected chi connectivity index (χ4v) is 3.80. The summed E-state index contributed by atoms with van der Waals surface area (Å²) in [6.07, 6.45) is -4.85. The summed E-state index contributed by atoms with van der Waals surface area (Å²) in [5.41, 5.74) is 0.535. The van der Waals surface area contributed by atoms with Gasteiger partial charge < -0.3 is 35.2 Å². The van der Waals surface area contributed by atoms with Gasteiger partial charge in [0.2, 0.25) is 6.79 Å².